The van der Waals surface area contributed by atoms with Gasteiger partial charge in [0.2, 0.25) is 0 Å². The molecule has 1 atom stereocenters. The summed E-state index contributed by atoms with van der Waals surface area (Å²) in [6, 6.07) is 12.2. The van der Waals surface area contributed by atoms with E-state index in [4.69, 9.17) is 28.7 Å². The molecule has 0 saturated heterocycles. The molecule has 1 aliphatic rings. The molecule has 0 unspecified atom stereocenters. The lowest BCUT2D eigenvalue weighted by Crippen LogP contribution is -2.40. The lowest BCUT2D eigenvalue weighted by Gasteiger charge is -2.27. The highest BCUT2D eigenvalue weighted by Crippen LogP contribution is 2.40. The number of ether oxygens (including phenoxy) is 5. The Hall–Kier alpha value is -4.68. The van der Waals surface area contributed by atoms with E-state index in [9.17, 15) is 14.4 Å². The number of rotatable bonds is 12. The predicted octanol–water partition coefficient (Wildman–Crippen LogP) is 3.66. The van der Waals surface area contributed by atoms with E-state index in [0.29, 0.717) is 38.7 Å². The molecular weight excluding hydrogens is 610 g/mol. The fourth-order valence-corrected chi connectivity index (χ4v) is 6.72. The molecule has 2 aromatic carbocycles. The van der Waals surface area contributed by atoms with Crippen molar-refractivity contribution in [3.63, 3.8) is 0 Å². The Kier molecular flexibility index (Phi) is 10.1. The molecule has 12 heteroatoms. The molecular formula is C34H37N3O8S. The molecule has 4 aromatic rings. The lowest BCUT2D eigenvalue weighted by molar-refractivity contribution is -0.144. The summed E-state index contributed by atoms with van der Waals surface area (Å²) in [7, 11) is 3.06. The first-order valence-corrected chi connectivity index (χ1v) is 15.8. The number of esters is 2. The molecule has 0 fully saturated rings. The van der Waals surface area contributed by atoms with Crippen molar-refractivity contribution in [3.05, 3.63) is 90.2 Å². The normalized spacial score (nSPS) is 14.7. The van der Waals surface area contributed by atoms with Crippen molar-refractivity contribution in [3.8, 4) is 11.5 Å². The summed E-state index contributed by atoms with van der Waals surface area (Å²) in [4.78, 5) is 45.6. The monoisotopic (exact) mass is 647 g/mol. The van der Waals surface area contributed by atoms with Crippen molar-refractivity contribution in [1.82, 2.24) is 9.13 Å². The van der Waals surface area contributed by atoms with Gasteiger partial charge in [-0.2, -0.15) is 0 Å². The first-order valence-electron chi connectivity index (χ1n) is 15.0. The van der Waals surface area contributed by atoms with Crippen LogP contribution in [0.25, 0.3) is 17.0 Å². The summed E-state index contributed by atoms with van der Waals surface area (Å²) in [6.45, 7) is 8.17. The van der Waals surface area contributed by atoms with Crippen LogP contribution >= 0.6 is 11.3 Å². The molecule has 0 aliphatic carbocycles. The second-order valence-corrected chi connectivity index (χ2v) is 11.4. The van der Waals surface area contributed by atoms with Gasteiger partial charge in [-0.1, -0.05) is 41.7 Å². The van der Waals surface area contributed by atoms with Crippen LogP contribution in [-0.4, -0.2) is 61.7 Å². The van der Waals surface area contributed by atoms with E-state index < -0.39 is 12.0 Å². The number of hydrogen-bond donors (Lipinski definition) is 0. The van der Waals surface area contributed by atoms with Crippen LogP contribution in [0.4, 0.5) is 0 Å². The van der Waals surface area contributed by atoms with E-state index in [1.54, 1.807) is 26.0 Å². The largest absolute Gasteiger partial charge is 0.493 e. The van der Waals surface area contributed by atoms with Gasteiger partial charge in [-0.3, -0.25) is 14.2 Å². The smallest absolute Gasteiger partial charge is 0.338 e. The quantitative estimate of drug-likeness (QED) is 0.169. The number of para-hydroxylation sites is 2. The molecule has 1 aliphatic heterocycles. The van der Waals surface area contributed by atoms with Gasteiger partial charge >= 0.3 is 11.9 Å². The molecule has 0 bridgehead atoms. The number of hydrogen-bond acceptors (Lipinski definition) is 10. The zero-order valence-corrected chi connectivity index (χ0v) is 27.6. The maximum absolute atomic E-state index is 14.4. The van der Waals surface area contributed by atoms with Crippen molar-refractivity contribution in [1.29, 1.82) is 0 Å². The van der Waals surface area contributed by atoms with Gasteiger partial charge in [0, 0.05) is 34.8 Å². The average molecular weight is 648 g/mol. The lowest BCUT2D eigenvalue weighted by atomic mass is 9.94. The van der Waals surface area contributed by atoms with E-state index >= 15 is 0 Å². The Morgan fingerprint density at radius 2 is 1.78 bits per heavy atom. The van der Waals surface area contributed by atoms with Crippen LogP contribution in [-0.2, 0) is 30.3 Å². The highest BCUT2D eigenvalue weighted by molar-refractivity contribution is 7.07. The van der Waals surface area contributed by atoms with Crippen molar-refractivity contribution in [2.45, 2.75) is 40.3 Å². The van der Waals surface area contributed by atoms with Gasteiger partial charge in [-0.25, -0.2) is 9.79 Å². The third-order valence-corrected chi connectivity index (χ3v) is 8.71. The SMILES string of the molecule is CCOC(=O)Cn1c(C)c(/C=c2/sc3n(c2=O)[C@@H](c2cccc(OC)c2OCC)C(C(=O)OCCOC)=C(C)N=3)c2ccccc21. The number of benzene rings is 2. The van der Waals surface area contributed by atoms with Crippen LogP contribution in [0.15, 0.2) is 63.5 Å². The first-order chi connectivity index (χ1) is 22.2. The third kappa shape index (κ3) is 6.10. The summed E-state index contributed by atoms with van der Waals surface area (Å²) in [5.74, 6) is -0.0723. The van der Waals surface area contributed by atoms with Gasteiger partial charge in [-0.05, 0) is 45.9 Å². The molecule has 46 heavy (non-hydrogen) atoms. The van der Waals surface area contributed by atoms with Crippen molar-refractivity contribution in [2.24, 2.45) is 4.99 Å². The van der Waals surface area contributed by atoms with Gasteiger partial charge in [0.05, 0.1) is 42.7 Å². The number of carbonyl (C=O) groups is 2. The van der Waals surface area contributed by atoms with Crippen molar-refractivity contribution < 1.29 is 33.3 Å². The molecule has 5 rings (SSSR count). The summed E-state index contributed by atoms with van der Waals surface area (Å²) in [5.41, 5.74) is 3.31. The maximum Gasteiger partial charge on any atom is 0.338 e. The van der Waals surface area contributed by atoms with Crippen molar-refractivity contribution >= 4 is 40.3 Å². The summed E-state index contributed by atoms with van der Waals surface area (Å²) in [6.07, 6.45) is 1.82. The number of aromatic nitrogens is 2. The fourth-order valence-electron chi connectivity index (χ4n) is 5.69. The van der Waals surface area contributed by atoms with Gasteiger partial charge in [0.25, 0.3) is 5.56 Å². The van der Waals surface area contributed by atoms with E-state index in [2.05, 4.69) is 0 Å². The topological polar surface area (TPSA) is 120 Å². The molecule has 3 heterocycles. The standard InChI is InChI=1S/C34H37N3O8S/c1-7-43-28(38)19-36-21(4)24(22-12-9-10-14-25(22)36)18-27-32(39)37-30(23-13-11-15-26(42-6)31(23)44-8-2)29(20(3)35-34(37)46-27)33(40)45-17-16-41-5/h9-15,18,30H,7-8,16-17,19H2,1-6H3/b27-18+/t30-/m0/s1. The van der Waals surface area contributed by atoms with E-state index in [1.165, 1.54) is 30.1 Å². The zero-order chi connectivity index (χ0) is 33.0. The Labute approximate surface area is 269 Å². The molecule has 0 amide bonds. The maximum atomic E-state index is 14.4. The summed E-state index contributed by atoms with van der Waals surface area (Å²) < 4.78 is 31.3. The molecule has 2 aromatic heterocycles. The molecule has 0 spiro atoms. The first kappa shape index (κ1) is 32.7. The van der Waals surface area contributed by atoms with Crippen LogP contribution in [0.1, 0.15) is 43.6 Å². The van der Waals surface area contributed by atoms with Crippen LogP contribution in [0.5, 0.6) is 11.5 Å². The Morgan fingerprint density at radius 1 is 1.00 bits per heavy atom. The Morgan fingerprint density at radius 3 is 2.50 bits per heavy atom. The predicted molar refractivity (Wildman–Crippen MR) is 174 cm³/mol. The van der Waals surface area contributed by atoms with Crippen LogP contribution < -0.4 is 24.4 Å². The molecule has 0 N–H and O–H groups in total. The highest BCUT2D eigenvalue weighted by atomic mass is 32.1. The number of carbonyl (C=O) groups excluding carboxylic acids is 2. The number of nitrogens with zero attached hydrogens (tertiary/aromatic N) is 3. The van der Waals surface area contributed by atoms with Crippen LogP contribution in [0.2, 0.25) is 0 Å². The third-order valence-electron chi connectivity index (χ3n) is 7.72. The summed E-state index contributed by atoms with van der Waals surface area (Å²) >= 11 is 1.22. The van der Waals surface area contributed by atoms with Gasteiger partial charge in [-0.15, -0.1) is 0 Å². The van der Waals surface area contributed by atoms with E-state index in [-0.39, 0.29) is 43.5 Å². The number of allylic oxidation sites excluding steroid dienone is 1. The van der Waals surface area contributed by atoms with Gasteiger partial charge in [0.1, 0.15) is 19.2 Å². The number of methoxy groups -OCH3 is 2. The molecule has 242 valence electrons. The van der Waals surface area contributed by atoms with E-state index in [0.717, 1.165) is 22.2 Å². The minimum absolute atomic E-state index is 0.0365. The number of thiazole rings is 1. The summed E-state index contributed by atoms with van der Waals surface area (Å²) in [5, 5.41) is 0.886. The second kappa shape index (κ2) is 14.2. The molecule has 11 nitrogen and oxygen atoms in total. The molecule has 0 saturated carbocycles. The second-order valence-electron chi connectivity index (χ2n) is 10.4. The average Bonchev–Trinajstić information content (AvgIpc) is 3.49. The van der Waals surface area contributed by atoms with Gasteiger partial charge < -0.3 is 28.3 Å². The van der Waals surface area contributed by atoms with Gasteiger partial charge in [0.15, 0.2) is 16.3 Å². The van der Waals surface area contributed by atoms with Crippen LogP contribution in [0, 0.1) is 6.92 Å². The Bertz CT molecular complexity index is 2000. The number of fused-ring (bicyclic) bond motifs is 2. The fraction of sp³-hybridized carbons (Fsp3) is 0.353. The van der Waals surface area contributed by atoms with Crippen LogP contribution in [0.3, 0.4) is 0 Å². The molecule has 0 radical (unpaired) electrons. The Balaban J connectivity index is 1.74. The minimum atomic E-state index is -0.906. The van der Waals surface area contributed by atoms with E-state index in [1.807, 2.05) is 54.8 Å². The highest BCUT2D eigenvalue weighted by Gasteiger charge is 2.36. The minimum Gasteiger partial charge on any atom is -0.493 e. The van der Waals surface area contributed by atoms with Crippen molar-refractivity contribution in [2.75, 3.05) is 40.6 Å². The zero-order valence-electron chi connectivity index (χ0n) is 26.7.